The maximum Gasteiger partial charge on any atom is 3.00 e. The zero-order chi connectivity index (χ0) is 32.2. The molecule has 0 saturated heterocycles. The van der Waals surface area contributed by atoms with E-state index in [1.54, 1.807) is 0 Å². The van der Waals surface area contributed by atoms with E-state index in [-0.39, 0.29) is 329 Å². The Hall–Kier alpha value is 6.86. The molecule has 232 valence electrons. The van der Waals surface area contributed by atoms with Crippen LogP contribution >= 0.6 is 0 Å². The average Bonchev–Trinajstić information content (AvgIpc) is 2.39. The molecule has 0 heterocycles. The van der Waals surface area contributed by atoms with E-state index in [1.807, 2.05) is 0 Å². The molecule has 4 N–H and O–H groups in total. The molecule has 29 nitrogen and oxygen atoms in total. The van der Waals surface area contributed by atoms with Crippen LogP contribution in [0.25, 0.3) is 0 Å². The van der Waals surface area contributed by atoms with Gasteiger partial charge < -0.3 is 137 Å². The molecule has 0 saturated carbocycles. The summed E-state index contributed by atoms with van der Waals surface area (Å²) in [7, 11) is -32.7. The molecule has 0 aromatic rings. The van der Waals surface area contributed by atoms with Crippen LogP contribution in [-0.4, -0.2) is 250 Å². The minimum atomic E-state index is -3.63. The maximum absolute atomic E-state index is 8.52. The van der Waals surface area contributed by atoms with Crippen molar-refractivity contribution in [3.05, 3.63) is 0 Å². The van der Waals surface area contributed by atoms with Gasteiger partial charge >= 0.3 is 318 Å². The van der Waals surface area contributed by atoms with Gasteiger partial charge in [-0.05, 0) is 0 Å². The molecular weight excluding hydrogens is 1020 g/mol. The van der Waals surface area contributed by atoms with Crippen molar-refractivity contribution in [1.29, 1.82) is 0 Å². The van der Waals surface area contributed by atoms with E-state index in [4.69, 9.17) is 126 Å². The van der Waals surface area contributed by atoms with Crippen LogP contribution in [0.5, 0.6) is 0 Å². The Labute approximate surface area is 525 Å². The van der Waals surface area contributed by atoms with Crippen molar-refractivity contribution in [3.63, 3.8) is 0 Å². The van der Waals surface area contributed by atoms with Crippen molar-refractivity contribution in [2.24, 2.45) is 0 Å². The minimum Gasteiger partial charge on any atom is -0.672 e. The van der Waals surface area contributed by atoms with Crippen LogP contribution in [0.15, 0.2) is 0 Å². The van der Waals surface area contributed by atoms with E-state index >= 15 is 0 Å². The molecule has 0 unspecified atom stereocenters. The molecule has 0 aromatic heterocycles. The summed E-state index contributed by atoms with van der Waals surface area (Å²) in [5.41, 5.74) is 0. The van der Waals surface area contributed by atoms with Crippen LogP contribution in [-0.2, 0) is 40.2 Å². The molecule has 0 amide bonds. The zero-order valence-electron chi connectivity index (χ0n) is 24.5. The van der Waals surface area contributed by atoms with Gasteiger partial charge in [-0.2, -0.15) is 0 Å². The largest absolute Gasteiger partial charge is 3.00 e. The fourth-order valence-corrected chi connectivity index (χ4v) is 0. The van der Waals surface area contributed by atoms with Gasteiger partial charge in [0, 0.05) is 82.5 Å². The molecule has 0 spiro atoms. The van der Waals surface area contributed by atoms with Crippen LogP contribution in [0.2, 0.25) is 0 Å². The Morgan fingerprint density at radius 1 is 0.250 bits per heavy atom. The maximum atomic E-state index is 8.52. The molecule has 0 atom stereocenters. The molecule has 0 aliphatic carbocycles. The standard InChI is InChI=1S/2Al.2Ca.2K.2Mg.2Na.9O3Si.2H2O/c;;;;;;;;;;9*1-4(2)3;;/h;;;;;;;;;;;;;;;;;;;2*1H2/q2*+3;2*+2;2*+1;2*+2;2*+1;9*-2;;. The third-order valence-electron chi connectivity index (χ3n) is 0. The van der Waals surface area contributed by atoms with Gasteiger partial charge in [0.15, 0.2) is 0 Å². The predicted octanol–water partition coefficient (Wildman–Crippen LogP) is -41.8. The molecule has 0 aliphatic rings. The monoisotopic (exact) mass is 1030 g/mol. The summed E-state index contributed by atoms with van der Waals surface area (Å²) >= 11 is 0. The Bertz CT molecular complexity index is 467. The van der Waals surface area contributed by atoms with Crippen molar-refractivity contribution in [2.75, 3.05) is 0 Å². The Morgan fingerprint density at radius 2 is 0.250 bits per heavy atom. The summed E-state index contributed by atoms with van der Waals surface area (Å²) in [5.74, 6) is 0. The second kappa shape index (κ2) is 131. The molecule has 48 heavy (non-hydrogen) atoms. The number of hydrogen-bond acceptors (Lipinski definition) is 27. The number of rotatable bonds is 0. The van der Waals surface area contributed by atoms with E-state index in [0.717, 1.165) is 0 Å². The molecule has 0 aromatic carbocycles. The summed E-state index contributed by atoms with van der Waals surface area (Å²) in [6.45, 7) is 0. The van der Waals surface area contributed by atoms with Crippen molar-refractivity contribution in [1.82, 2.24) is 0 Å². The van der Waals surface area contributed by atoms with E-state index < -0.39 is 82.5 Å². The van der Waals surface area contributed by atoms with Gasteiger partial charge in [0.1, 0.15) is 0 Å². The van der Waals surface area contributed by atoms with E-state index in [2.05, 4.69) is 0 Å². The van der Waals surface area contributed by atoms with Crippen LogP contribution < -0.4 is 248 Å². The summed E-state index contributed by atoms with van der Waals surface area (Å²) in [4.78, 5) is 153. The van der Waals surface area contributed by atoms with Crippen LogP contribution in [0.1, 0.15) is 0 Å². The molecule has 0 aliphatic heterocycles. The Morgan fingerprint density at radius 3 is 0.250 bits per heavy atom. The normalized spacial score (nSPS) is 4.50. The Balaban J connectivity index is -0.00000000872. The van der Waals surface area contributed by atoms with Gasteiger partial charge in [0.2, 0.25) is 0 Å². The fourth-order valence-electron chi connectivity index (χ4n) is 0. The molecule has 0 fully saturated rings. The van der Waals surface area contributed by atoms with Gasteiger partial charge in [-0.1, -0.05) is 0 Å². The van der Waals surface area contributed by atoms with Crippen molar-refractivity contribution in [2.45, 2.75) is 0 Å². The fraction of sp³-hybridized carbons (Fsp3) is 0. The van der Waals surface area contributed by atoms with Crippen LogP contribution in [0.3, 0.4) is 0 Å². The van der Waals surface area contributed by atoms with Gasteiger partial charge in [-0.25, -0.2) is 0 Å². The van der Waals surface area contributed by atoms with Gasteiger partial charge in [0.25, 0.3) is 0 Å². The van der Waals surface area contributed by atoms with Crippen molar-refractivity contribution < 1.29 is 299 Å². The third-order valence-corrected chi connectivity index (χ3v) is 0. The quantitative estimate of drug-likeness (QED) is 0.203. The summed E-state index contributed by atoms with van der Waals surface area (Å²) in [6.07, 6.45) is 0. The first-order valence-corrected chi connectivity index (χ1v) is 16.5. The first-order chi connectivity index (χ1) is 15.6. The van der Waals surface area contributed by atoms with E-state index in [1.165, 1.54) is 0 Å². The second-order valence-electron chi connectivity index (χ2n) is 2.25. The molecule has 48 heteroatoms. The Kier molecular flexibility index (Phi) is 380. The minimum absolute atomic E-state index is 0. The summed E-state index contributed by atoms with van der Waals surface area (Å²) < 4.78 is 76.7. The summed E-state index contributed by atoms with van der Waals surface area (Å²) in [6, 6.07) is 0. The third kappa shape index (κ3) is 3020. The van der Waals surface area contributed by atoms with E-state index in [0.29, 0.717) is 0 Å². The van der Waals surface area contributed by atoms with Gasteiger partial charge in [0.05, 0.1) is 0 Å². The van der Waals surface area contributed by atoms with Crippen molar-refractivity contribution >= 4 is 239 Å². The topological polar surface area (TPSA) is 632 Å². The molecule has 0 rings (SSSR count). The first kappa shape index (κ1) is 139. The average molecular weight is 1030 g/mol. The van der Waals surface area contributed by atoms with Crippen molar-refractivity contribution in [3.8, 4) is 0 Å². The van der Waals surface area contributed by atoms with E-state index in [9.17, 15) is 0 Å². The first-order valence-electron chi connectivity index (χ1n) is 5.51. The number of hydrogen-bond donors (Lipinski definition) is 0. The van der Waals surface area contributed by atoms with Crippen LogP contribution in [0, 0.1) is 0 Å². The van der Waals surface area contributed by atoms with Gasteiger partial charge in [-0.3, -0.25) is 0 Å². The predicted molar refractivity (Wildman–Crippen MR) is 99.7 cm³/mol. The summed E-state index contributed by atoms with van der Waals surface area (Å²) in [5, 5.41) is 0. The zero-order valence-corrected chi connectivity index (χ0v) is 53.3. The molecular formula is H4Al2Ca2K2Mg2Na2O29Si9. The van der Waals surface area contributed by atoms with Crippen LogP contribution in [0.4, 0.5) is 0 Å². The molecule has 0 bridgehead atoms. The smallest absolute Gasteiger partial charge is 0.672 e. The van der Waals surface area contributed by atoms with Gasteiger partial charge in [-0.15, -0.1) is 0 Å². The SMILES string of the molecule is O.O.O=[Si]([O-])[O-].O=[Si]([O-])[O-].O=[Si]([O-])[O-].O=[Si]([O-])[O-].O=[Si]([O-])[O-].O=[Si]([O-])[O-].O=[Si]([O-])[O-].O=[Si]([O-])[O-].O=[Si]([O-])[O-].[Al+3].[Al+3].[Ca+2].[Ca+2].[K+].[K+].[Mg+2].[Mg+2].[Na+].[Na+]. The molecule has 0 radical (unpaired) electrons. The second-order valence-corrected chi connectivity index (χ2v) is 6.75.